The number of allylic oxidation sites excluding steroid dienone is 1. The lowest BCUT2D eigenvalue weighted by Gasteiger charge is -2.37. The van der Waals surface area contributed by atoms with E-state index in [1.165, 1.54) is 72.8 Å². The molecule has 0 heterocycles. The molecule has 0 bridgehead atoms. The molecule has 0 saturated carbocycles. The molecule has 9 heteroatoms. The first-order valence-corrected chi connectivity index (χ1v) is 11.0. The maximum absolute atomic E-state index is 13.6. The van der Waals surface area contributed by atoms with Gasteiger partial charge in [-0.2, -0.15) is 0 Å². The molecule has 3 N–H and O–H groups in total. The Morgan fingerprint density at radius 2 is 1.16 bits per heavy atom. The minimum Gasteiger partial charge on any atom is -0.504 e. The van der Waals surface area contributed by atoms with Gasteiger partial charge in [-0.25, -0.2) is 14.4 Å². The minimum atomic E-state index is -3.21. The maximum atomic E-state index is 13.6. The number of aliphatic carboxylic acids is 1. The molecule has 1 aliphatic rings. The number of ether oxygens (including phenoxy) is 2. The zero-order chi connectivity index (χ0) is 26.6. The van der Waals surface area contributed by atoms with Crippen LogP contribution in [0.1, 0.15) is 31.1 Å². The van der Waals surface area contributed by atoms with Crippen LogP contribution < -0.4 is 0 Å². The highest BCUT2D eigenvalue weighted by atomic mass is 16.7. The number of esters is 2. The third-order valence-electron chi connectivity index (χ3n) is 5.58. The summed E-state index contributed by atoms with van der Waals surface area (Å²) < 4.78 is 10.6. The van der Waals surface area contributed by atoms with Gasteiger partial charge in [0.05, 0.1) is 16.7 Å². The first-order chi connectivity index (χ1) is 17.7. The van der Waals surface area contributed by atoms with Crippen molar-refractivity contribution in [1.29, 1.82) is 0 Å². The number of carbonyl (C=O) groups is 4. The van der Waals surface area contributed by atoms with Crippen LogP contribution in [0.15, 0.2) is 114 Å². The van der Waals surface area contributed by atoms with E-state index in [1.54, 1.807) is 18.2 Å². The van der Waals surface area contributed by atoms with Crippen molar-refractivity contribution < 1.29 is 44.0 Å². The summed E-state index contributed by atoms with van der Waals surface area (Å²) in [7, 11) is 0. The fourth-order valence-electron chi connectivity index (χ4n) is 3.83. The highest BCUT2D eigenvalue weighted by Crippen LogP contribution is 2.42. The minimum absolute atomic E-state index is 0.0125. The van der Waals surface area contributed by atoms with Gasteiger partial charge in [0, 0.05) is 5.56 Å². The van der Waals surface area contributed by atoms with Crippen LogP contribution in [0, 0.1) is 5.92 Å². The number of hydrogen-bond acceptors (Lipinski definition) is 8. The Bertz CT molecular complexity index is 1410. The monoisotopic (exact) mass is 500 g/mol. The second kappa shape index (κ2) is 10.3. The van der Waals surface area contributed by atoms with Gasteiger partial charge in [-0.3, -0.25) is 4.79 Å². The molecule has 3 aromatic rings. The molecule has 1 aliphatic carbocycles. The van der Waals surface area contributed by atoms with E-state index in [0.29, 0.717) is 6.08 Å². The highest BCUT2D eigenvalue weighted by Gasteiger charge is 2.57. The smallest absolute Gasteiger partial charge is 0.343 e. The van der Waals surface area contributed by atoms with Crippen LogP contribution in [-0.2, 0) is 14.3 Å². The zero-order valence-corrected chi connectivity index (χ0v) is 19.1. The lowest BCUT2D eigenvalue weighted by atomic mass is 9.78. The summed E-state index contributed by atoms with van der Waals surface area (Å²) in [5.41, 5.74) is -0.849. The van der Waals surface area contributed by atoms with Gasteiger partial charge in [-0.05, 0) is 30.3 Å². The Kier molecular flexibility index (Phi) is 6.99. The van der Waals surface area contributed by atoms with Crippen molar-refractivity contribution in [3.8, 4) is 0 Å². The number of rotatable bonds is 7. The van der Waals surface area contributed by atoms with E-state index in [1.807, 2.05) is 0 Å². The number of carboxylic acid groups (broad SMARTS) is 1. The molecule has 0 aliphatic heterocycles. The Morgan fingerprint density at radius 3 is 1.65 bits per heavy atom. The van der Waals surface area contributed by atoms with Crippen molar-refractivity contribution in [2.75, 3.05) is 0 Å². The van der Waals surface area contributed by atoms with E-state index in [2.05, 4.69) is 0 Å². The Morgan fingerprint density at radius 1 is 0.703 bits per heavy atom. The standard InChI is InChI=1S/C28H20O9/c29-21-16-20(25(31)32)22(23(30)17-10-4-1-5-11-17)28(35,37-27(34)19-14-8-3-9-15-19)24(21)36-26(33)18-12-6-2-7-13-18/h1-16,22,29,35H,(H,31,32). The summed E-state index contributed by atoms with van der Waals surface area (Å²) in [6.07, 6.45) is 0.673. The van der Waals surface area contributed by atoms with Crippen LogP contribution in [0.4, 0.5) is 0 Å². The molecule has 0 amide bonds. The molecule has 9 nitrogen and oxygen atoms in total. The number of hydrogen-bond donors (Lipinski definition) is 3. The molecule has 3 aromatic carbocycles. The van der Waals surface area contributed by atoms with E-state index in [9.17, 15) is 34.5 Å². The van der Waals surface area contributed by atoms with Crippen molar-refractivity contribution in [2.45, 2.75) is 5.79 Å². The summed E-state index contributed by atoms with van der Waals surface area (Å²) in [4.78, 5) is 51.5. The fourth-order valence-corrected chi connectivity index (χ4v) is 3.83. The number of ketones is 1. The van der Waals surface area contributed by atoms with E-state index in [-0.39, 0.29) is 16.7 Å². The molecule has 186 valence electrons. The van der Waals surface area contributed by atoms with Gasteiger partial charge < -0.3 is 24.8 Å². The van der Waals surface area contributed by atoms with Gasteiger partial charge in [0.15, 0.2) is 11.5 Å². The quantitative estimate of drug-likeness (QED) is 0.251. The number of aliphatic hydroxyl groups excluding tert-OH is 1. The van der Waals surface area contributed by atoms with Crippen molar-refractivity contribution in [2.24, 2.45) is 5.92 Å². The molecular formula is C28H20O9. The van der Waals surface area contributed by atoms with Crippen LogP contribution in [-0.4, -0.2) is 44.8 Å². The number of benzene rings is 3. The topological polar surface area (TPSA) is 147 Å². The number of Topliss-reactive ketones (excluding diaryl/α,β-unsaturated/α-hetero) is 1. The average molecular weight is 500 g/mol. The molecule has 0 fully saturated rings. The molecule has 2 atom stereocenters. The van der Waals surface area contributed by atoms with Gasteiger partial charge in [0.1, 0.15) is 5.92 Å². The Hall–Kier alpha value is -5.02. The molecule has 0 spiro atoms. The summed E-state index contributed by atoms with van der Waals surface area (Å²) in [6, 6.07) is 22.3. The average Bonchev–Trinajstić information content (AvgIpc) is 2.91. The molecule has 0 aromatic heterocycles. The second-order valence-corrected chi connectivity index (χ2v) is 7.99. The predicted molar refractivity (Wildman–Crippen MR) is 128 cm³/mol. The van der Waals surface area contributed by atoms with Crippen molar-refractivity contribution >= 4 is 23.7 Å². The number of carboxylic acids is 1. The summed E-state index contributed by atoms with van der Waals surface area (Å²) in [5.74, 6) is -12.2. The predicted octanol–water partition coefficient (Wildman–Crippen LogP) is 3.68. The van der Waals surface area contributed by atoms with Crippen molar-refractivity contribution in [3.05, 3.63) is 131 Å². The highest BCUT2D eigenvalue weighted by molar-refractivity contribution is 6.07. The summed E-state index contributed by atoms with van der Waals surface area (Å²) in [6.45, 7) is 0. The lowest BCUT2D eigenvalue weighted by molar-refractivity contribution is -0.181. The largest absolute Gasteiger partial charge is 0.504 e. The van der Waals surface area contributed by atoms with Crippen LogP contribution in [0.2, 0.25) is 0 Å². The van der Waals surface area contributed by atoms with Crippen LogP contribution in [0.3, 0.4) is 0 Å². The van der Waals surface area contributed by atoms with Crippen molar-refractivity contribution in [1.82, 2.24) is 0 Å². The van der Waals surface area contributed by atoms with E-state index < -0.39 is 52.5 Å². The first kappa shape index (κ1) is 25.1. The molecule has 4 rings (SSSR count). The molecule has 37 heavy (non-hydrogen) atoms. The summed E-state index contributed by atoms with van der Waals surface area (Å²) in [5, 5.41) is 32.3. The molecular weight excluding hydrogens is 480 g/mol. The maximum Gasteiger partial charge on any atom is 0.343 e. The van der Waals surface area contributed by atoms with Gasteiger partial charge >= 0.3 is 17.9 Å². The first-order valence-electron chi connectivity index (χ1n) is 11.0. The Labute approximate surface area is 210 Å². The van der Waals surface area contributed by atoms with Crippen LogP contribution in [0.25, 0.3) is 0 Å². The van der Waals surface area contributed by atoms with Crippen molar-refractivity contribution in [3.63, 3.8) is 0 Å². The summed E-state index contributed by atoms with van der Waals surface area (Å²) >= 11 is 0. The molecule has 2 unspecified atom stereocenters. The third kappa shape index (κ3) is 5.02. The fraction of sp³-hybridized carbons (Fsp3) is 0.0714. The third-order valence-corrected chi connectivity index (χ3v) is 5.58. The normalized spacial score (nSPS) is 18.9. The number of carbonyl (C=O) groups excluding carboxylic acids is 3. The van der Waals surface area contributed by atoms with Gasteiger partial charge in [-0.1, -0.05) is 66.7 Å². The van der Waals surface area contributed by atoms with E-state index >= 15 is 0 Å². The van der Waals surface area contributed by atoms with Gasteiger partial charge in [0.2, 0.25) is 5.76 Å². The number of aliphatic hydroxyl groups is 2. The zero-order valence-electron chi connectivity index (χ0n) is 19.1. The van der Waals surface area contributed by atoms with Crippen LogP contribution in [0.5, 0.6) is 0 Å². The lowest BCUT2D eigenvalue weighted by Crippen LogP contribution is -2.52. The van der Waals surface area contributed by atoms with Gasteiger partial charge in [-0.15, -0.1) is 0 Å². The van der Waals surface area contributed by atoms with Crippen LogP contribution >= 0.6 is 0 Å². The van der Waals surface area contributed by atoms with E-state index in [4.69, 9.17) is 9.47 Å². The second-order valence-electron chi connectivity index (χ2n) is 7.99. The molecule has 0 saturated heterocycles. The SMILES string of the molecule is O=C(O)C1=CC(O)=C(OC(=O)c2ccccc2)C(O)(OC(=O)c2ccccc2)C1C(=O)c1ccccc1. The molecule has 0 radical (unpaired) electrons. The Balaban J connectivity index is 1.87. The van der Waals surface area contributed by atoms with E-state index in [0.717, 1.165) is 0 Å². The van der Waals surface area contributed by atoms with Gasteiger partial charge in [0.25, 0.3) is 5.79 Å².